The highest BCUT2D eigenvalue weighted by molar-refractivity contribution is 6.42. The maximum atomic E-state index is 11.7. The molecule has 0 aromatic heterocycles. The lowest BCUT2D eigenvalue weighted by atomic mass is 10.1. The summed E-state index contributed by atoms with van der Waals surface area (Å²) >= 11 is 17.5. The van der Waals surface area contributed by atoms with E-state index in [9.17, 15) is 4.79 Å². The number of carbonyl (C=O) groups excluding carboxylic acids is 1. The average molecular weight is 279 g/mol. The predicted molar refractivity (Wildman–Crippen MR) is 67.6 cm³/mol. The van der Waals surface area contributed by atoms with E-state index >= 15 is 0 Å². The van der Waals surface area contributed by atoms with Gasteiger partial charge in [0, 0.05) is 24.5 Å². The van der Waals surface area contributed by atoms with Crippen LogP contribution in [-0.2, 0) is 4.79 Å². The van der Waals surface area contributed by atoms with Gasteiger partial charge < -0.3 is 4.90 Å². The molecule has 5 heteroatoms. The van der Waals surface area contributed by atoms with Crippen molar-refractivity contribution in [3.8, 4) is 0 Å². The lowest BCUT2D eigenvalue weighted by Gasteiger charge is -2.16. The lowest BCUT2D eigenvalue weighted by molar-refractivity contribution is -0.117. The summed E-state index contributed by atoms with van der Waals surface area (Å²) in [5.74, 6) is 0.816. The zero-order chi connectivity index (χ0) is 11.7. The number of hydrogen-bond donors (Lipinski definition) is 0. The van der Waals surface area contributed by atoms with Gasteiger partial charge in [0.2, 0.25) is 5.91 Å². The number of nitrogens with zero attached hydrogens (tertiary/aromatic N) is 1. The van der Waals surface area contributed by atoms with E-state index in [1.54, 1.807) is 23.1 Å². The van der Waals surface area contributed by atoms with Crippen molar-refractivity contribution in [3.63, 3.8) is 0 Å². The van der Waals surface area contributed by atoms with Gasteiger partial charge in [0.1, 0.15) is 0 Å². The van der Waals surface area contributed by atoms with Crippen molar-refractivity contribution in [1.29, 1.82) is 0 Å². The Morgan fingerprint density at radius 1 is 1.31 bits per heavy atom. The smallest absolute Gasteiger partial charge is 0.227 e. The Bertz CT molecular complexity index is 422. The fourth-order valence-corrected chi connectivity index (χ4v) is 2.29. The van der Waals surface area contributed by atoms with Crippen LogP contribution in [0.1, 0.15) is 6.42 Å². The summed E-state index contributed by atoms with van der Waals surface area (Å²) in [6.45, 7) is 0.653. The minimum absolute atomic E-state index is 0.0871. The first kappa shape index (κ1) is 12.0. The van der Waals surface area contributed by atoms with Gasteiger partial charge in [-0.1, -0.05) is 23.2 Å². The van der Waals surface area contributed by atoms with Crippen LogP contribution in [0.4, 0.5) is 5.69 Å². The Morgan fingerprint density at radius 3 is 2.62 bits per heavy atom. The van der Waals surface area contributed by atoms with E-state index in [-0.39, 0.29) is 11.8 Å². The van der Waals surface area contributed by atoms with Crippen LogP contribution in [-0.4, -0.2) is 18.3 Å². The molecule has 0 bridgehead atoms. The number of carbonyl (C=O) groups is 1. The molecule has 1 heterocycles. The van der Waals surface area contributed by atoms with E-state index in [2.05, 4.69) is 0 Å². The van der Waals surface area contributed by atoms with Crippen molar-refractivity contribution >= 4 is 46.4 Å². The van der Waals surface area contributed by atoms with Gasteiger partial charge in [-0.2, -0.15) is 0 Å². The Hall–Kier alpha value is -0.440. The topological polar surface area (TPSA) is 20.3 Å². The second kappa shape index (κ2) is 4.82. The molecule has 1 amide bonds. The van der Waals surface area contributed by atoms with E-state index in [0.29, 0.717) is 28.9 Å². The van der Waals surface area contributed by atoms with Crippen LogP contribution >= 0.6 is 34.8 Å². The molecule has 1 aliphatic heterocycles. The van der Waals surface area contributed by atoms with Gasteiger partial charge in [0.15, 0.2) is 0 Å². The first-order chi connectivity index (χ1) is 7.61. The number of halogens is 3. The molecule has 1 aliphatic rings. The normalized spacial score (nSPS) is 20.6. The van der Waals surface area contributed by atoms with Crippen molar-refractivity contribution in [1.82, 2.24) is 0 Å². The monoisotopic (exact) mass is 277 g/mol. The zero-order valence-corrected chi connectivity index (χ0v) is 10.7. The Labute approximate surface area is 109 Å². The highest BCUT2D eigenvalue weighted by Gasteiger charge is 2.30. The molecule has 1 aromatic rings. The minimum Gasteiger partial charge on any atom is -0.312 e. The number of anilines is 1. The molecule has 16 heavy (non-hydrogen) atoms. The molecule has 1 fully saturated rings. The molecule has 86 valence electrons. The molecule has 0 aliphatic carbocycles. The van der Waals surface area contributed by atoms with Gasteiger partial charge >= 0.3 is 0 Å². The largest absolute Gasteiger partial charge is 0.312 e. The summed E-state index contributed by atoms with van der Waals surface area (Å²) in [5.41, 5.74) is 0.784. The van der Waals surface area contributed by atoms with Crippen LogP contribution in [0.5, 0.6) is 0 Å². The molecule has 1 saturated heterocycles. The van der Waals surface area contributed by atoms with Gasteiger partial charge in [0.05, 0.1) is 10.0 Å². The summed E-state index contributed by atoms with van der Waals surface area (Å²) in [6.07, 6.45) is 0.504. The standard InChI is InChI=1S/C11H10Cl3NO/c12-5-7-3-11(16)15(6-7)8-1-2-9(13)10(14)4-8/h1-2,4,7H,3,5-6H2. The maximum absolute atomic E-state index is 11.7. The third kappa shape index (κ3) is 2.29. The van der Waals surface area contributed by atoms with E-state index in [4.69, 9.17) is 34.8 Å². The van der Waals surface area contributed by atoms with Gasteiger partial charge in [0.25, 0.3) is 0 Å². The molecule has 1 unspecified atom stereocenters. The van der Waals surface area contributed by atoms with Crippen LogP contribution in [0.15, 0.2) is 18.2 Å². The SMILES string of the molecule is O=C1CC(CCl)CN1c1ccc(Cl)c(Cl)c1. The number of amides is 1. The number of hydrogen-bond acceptors (Lipinski definition) is 1. The van der Waals surface area contributed by atoms with E-state index in [1.807, 2.05) is 0 Å². The Morgan fingerprint density at radius 2 is 2.06 bits per heavy atom. The fourth-order valence-electron chi connectivity index (χ4n) is 1.79. The second-order valence-electron chi connectivity index (χ2n) is 3.83. The molecule has 0 spiro atoms. The van der Waals surface area contributed by atoms with E-state index < -0.39 is 0 Å². The van der Waals surface area contributed by atoms with Crippen molar-refractivity contribution < 1.29 is 4.79 Å². The summed E-state index contributed by atoms with van der Waals surface area (Å²) in [6, 6.07) is 5.20. The fraction of sp³-hybridized carbons (Fsp3) is 0.364. The maximum Gasteiger partial charge on any atom is 0.227 e. The van der Waals surface area contributed by atoms with Crippen LogP contribution in [0.25, 0.3) is 0 Å². The van der Waals surface area contributed by atoms with Crippen molar-refractivity contribution in [2.24, 2.45) is 5.92 Å². The molecular formula is C11H10Cl3NO. The molecule has 2 rings (SSSR count). The molecular weight excluding hydrogens is 268 g/mol. The average Bonchev–Trinajstić information content (AvgIpc) is 2.64. The summed E-state index contributed by atoms with van der Waals surface area (Å²) < 4.78 is 0. The molecule has 1 aromatic carbocycles. The van der Waals surface area contributed by atoms with Crippen molar-refractivity contribution in [2.75, 3.05) is 17.3 Å². The Kier molecular flexibility index (Phi) is 3.63. The number of benzene rings is 1. The highest BCUT2D eigenvalue weighted by atomic mass is 35.5. The van der Waals surface area contributed by atoms with Gasteiger partial charge in [-0.3, -0.25) is 4.79 Å². The second-order valence-corrected chi connectivity index (χ2v) is 4.95. The zero-order valence-electron chi connectivity index (χ0n) is 8.42. The van der Waals surface area contributed by atoms with Crippen LogP contribution < -0.4 is 4.90 Å². The molecule has 1 atom stereocenters. The van der Waals surface area contributed by atoms with Crippen LogP contribution in [0.3, 0.4) is 0 Å². The quantitative estimate of drug-likeness (QED) is 0.757. The van der Waals surface area contributed by atoms with Gasteiger partial charge in [-0.15, -0.1) is 11.6 Å². The number of rotatable bonds is 2. The summed E-state index contributed by atoms with van der Waals surface area (Å²) in [4.78, 5) is 13.4. The van der Waals surface area contributed by atoms with Gasteiger partial charge in [-0.05, 0) is 24.1 Å². The highest BCUT2D eigenvalue weighted by Crippen LogP contribution is 2.31. The van der Waals surface area contributed by atoms with Crippen molar-refractivity contribution in [2.45, 2.75) is 6.42 Å². The van der Waals surface area contributed by atoms with Crippen molar-refractivity contribution in [3.05, 3.63) is 28.2 Å². The molecule has 2 nitrogen and oxygen atoms in total. The molecule has 0 N–H and O–H groups in total. The van der Waals surface area contributed by atoms with Gasteiger partial charge in [-0.25, -0.2) is 0 Å². The third-order valence-corrected chi connectivity index (χ3v) is 3.81. The summed E-state index contributed by atoms with van der Waals surface area (Å²) in [7, 11) is 0. The minimum atomic E-state index is 0.0871. The first-order valence-corrected chi connectivity index (χ1v) is 6.22. The molecule has 0 saturated carbocycles. The molecule has 0 radical (unpaired) electrons. The Balaban J connectivity index is 2.24. The summed E-state index contributed by atoms with van der Waals surface area (Å²) in [5, 5.41) is 0.951. The van der Waals surface area contributed by atoms with Crippen LogP contribution in [0.2, 0.25) is 10.0 Å². The van der Waals surface area contributed by atoms with Crippen LogP contribution in [0, 0.1) is 5.92 Å². The van der Waals surface area contributed by atoms with E-state index in [1.165, 1.54) is 0 Å². The van der Waals surface area contributed by atoms with E-state index in [0.717, 1.165) is 5.69 Å². The third-order valence-electron chi connectivity index (χ3n) is 2.64. The number of alkyl halides is 1. The first-order valence-electron chi connectivity index (χ1n) is 4.93. The predicted octanol–water partition coefficient (Wildman–Crippen LogP) is 3.59. The lowest BCUT2D eigenvalue weighted by Crippen LogP contribution is -2.24.